The highest BCUT2D eigenvalue weighted by molar-refractivity contribution is 5.67. The van der Waals surface area contributed by atoms with Crippen molar-refractivity contribution >= 4 is 5.97 Å². The van der Waals surface area contributed by atoms with Crippen molar-refractivity contribution in [2.45, 2.75) is 31.8 Å². The zero-order chi connectivity index (χ0) is 14.5. The summed E-state index contributed by atoms with van der Waals surface area (Å²) in [4.78, 5) is 13.1. The number of hydrogen-bond acceptors (Lipinski definition) is 4. The fourth-order valence-corrected chi connectivity index (χ4v) is 2.73. The van der Waals surface area contributed by atoms with Gasteiger partial charge in [-0.3, -0.25) is 9.69 Å². The minimum absolute atomic E-state index is 0.129. The van der Waals surface area contributed by atoms with Crippen LogP contribution in [0.3, 0.4) is 0 Å². The molecule has 0 aliphatic carbocycles. The minimum atomic E-state index is -0.731. The molecule has 1 N–H and O–H groups in total. The Morgan fingerprint density at radius 2 is 1.95 bits per heavy atom. The molecule has 1 saturated heterocycles. The summed E-state index contributed by atoms with van der Waals surface area (Å²) >= 11 is 0. The SMILES string of the molecule is COc1cc(CN2CCCC2CC(=O)O)cc(OC)c1. The molecule has 2 rings (SSSR count). The Balaban J connectivity index is 2.10. The third-order valence-electron chi connectivity index (χ3n) is 3.71. The van der Waals surface area contributed by atoms with Crippen LogP contribution in [0.25, 0.3) is 0 Å². The Bertz CT molecular complexity index is 453. The van der Waals surface area contributed by atoms with Crippen molar-refractivity contribution in [1.29, 1.82) is 0 Å². The molecular formula is C15H21NO4. The lowest BCUT2D eigenvalue weighted by atomic mass is 10.1. The molecule has 0 saturated carbocycles. The van der Waals surface area contributed by atoms with Crippen molar-refractivity contribution in [2.24, 2.45) is 0 Å². The fourth-order valence-electron chi connectivity index (χ4n) is 2.73. The van der Waals surface area contributed by atoms with E-state index in [4.69, 9.17) is 14.6 Å². The summed E-state index contributed by atoms with van der Waals surface area (Å²) in [6.45, 7) is 1.67. The highest BCUT2D eigenvalue weighted by Gasteiger charge is 2.26. The van der Waals surface area contributed by atoms with Crippen LogP contribution in [-0.2, 0) is 11.3 Å². The molecule has 1 unspecified atom stereocenters. The van der Waals surface area contributed by atoms with Crippen LogP contribution in [-0.4, -0.2) is 42.8 Å². The first-order valence-corrected chi connectivity index (χ1v) is 6.80. The Kier molecular flexibility index (Phi) is 4.84. The predicted molar refractivity (Wildman–Crippen MR) is 75.2 cm³/mol. The normalized spacial score (nSPS) is 19.0. The molecule has 5 heteroatoms. The van der Waals surface area contributed by atoms with Gasteiger partial charge in [-0.2, -0.15) is 0 Å². The highest BCUT2D eigenvalue weighted by atomic mass is 16.5. The predicted octanol–water partition coefficient (Wildman–Crippen LogP) is 2.14. The number of likely N-dealkylation sites (tertiary alicyclic amines) is 1. The molecule has 0 bridgehead atoms. The summed E-state index contributed by atoms with van der Waals surface area (Å²) in [5.74, 6) is 0.784. The number of hydrogen-bond donors (Lipinski definition) is 1. The molecule has 0 spiro atoms. The van der Waals surface area contributed by atoms with Crippen molar-refractivity contribution in [3.8, 4) is 11.5 Å². The van der Waals surface area contributed by atoms with Crippen molar-refractivity contribution in [2.75, 3.05) is 20.8 Å². The first kappa shape index (κ1) is 14.7. The Labute approximate surface area is 119 Å². The molecule has 0 aromatic heterocycles. The lowest BCUT2D eigenvalue weighted by Crippen LogP contribution is -2.30. The van der Waals surface area contributed by atoms with E-state index in [0.29, 0.717) is 0 Å². The first-order valence-electron chi connectivity index (χ1n) is 6.80. The van der Waals surface area contributed by atoms with Gasteiger partial charge in [0.25, 0.3) is 0 Å². The number of carboxylic acids is 1. The van der Waals surface area contributed by atoms with E-state index in [1.54, 1.807) is 14.2 Å². The second-order valence-corrected chi connectivity index (χ2v) is 5.09. The third kappa shape index (κ3) is 3.63. The number of benzene rings is 1. The van der Waals surface area contributed by atoms with Crippen LogP contribution in [0, 0.1) is 0 Å². The number of rotatable bonds is 6. The molecule has 1 aromatic rings. The van der Waals surface area contributed by atoms with E-state index in [9.17, 15) is 4.79 Å². The number of carbonyl (C=O) groups is 1. The van der Waals surface area contributed by atoms with Crippen LogP contribution in [0.2, 0.25) is 0 Å². The molecule has 5 nitrogen and oxygen atoms in total. The molecule has 0 amide bonds. The van der Waals surface area contributed by atoms with Gasteiger partial charge in [0.05, 0.1) is 20.6 Å². The van der Waals surface area contributed by atoms with Crippen LogP contribution >= 0.6 is 0 Å². The van der Waals surface area contributed by atoms with Gasteiger partial charge in [0.1, 0.15) is 11.5 Å². The lowest BCUT2D eigenvalue weighted by Gasteiger charge is -2.23. The maximum atomic E-state index is 10.9. The fraction of sp³-hybridized carbons (Fsp3) is 0.533. The van der Waals surface area contributed by atoms with Gasteiger partial charge in [-0.15, -0.1) is 0 Å². The summed E-state index contributed by atoms with van der Waals surface area (Å²) in [5, 5.41) is 8.96. The molecule has 1 fully saturated rings. The molecule has 1 aromatic carbocycles. The first-order chi connectivity index (χ1) is 9.62. The van der Waals surface area contributed by atoms with Crippen molar-refractivity contribution < 1.29 is 19.4 Å². The van der Waals surface area contributed by atoms with Gasteiger partial charge < -0.3 is 14.6 Å². The molecule has 1 atom stereocenters. The van der Waals surface area contributed by atoms with Gasteiger partial charge in [0, 0.05) is 18.7 Å². The van der Waals surface area contributed by atoms with Crippen molar-refractivity contribution in [3.05, 3.63) is 23.8 Å². The zero-order valence-electron chi connectivity index (χ0n) is 12.0. The van der Waals surface area contributed by atoms with Crippen molar-refractivity contribution in [3.63, 3.8) is 0 Å². The second-order valence-electron chi connectivity index (χ2n) is 5.09. The van der Waals surface area contributed by atoms with E-state index < -0.39 is 5.97 Å². The standard InChI is InChI=1S/C15H21NO4/c1-19-13-6-11(7-14(9-13)20-2)10-16-5-3-4-12(16)8-15(17)18/h6-7,9,12H,3-5,8,10H2,1-2H3,(H,17,18). The molecule has 1 heterocycles. The quantitative estimate of drug-likeness (QED) is 0.864. The molecule has 0 radical (unpaired) electrons. The summed E-state index contributed by atoms with van der Waals surface area (Å²) in [6.07, 6.45) is 2.22. The van der Waals surface area contributed by atoms with Crippen LogP contribution < -0.4 is 9.47 Å². The van der Waals surface area contributed by atoms with Crippen LogP contribution in [0.1, 0.15) is 24.8 Å². The summed E-state index contributed by atoms with van der Waals surface area (Å²) < 4.78 is 10.5. The Morgan fingerprint density at radius 3 is 2.50 bits per heavy atom. The average Bonchev–Trinajstić information content (AvgIpc) is 2.84. The van der Waals surface area contributed by atoms with E-state index in [1.807, 2.05) is 18.2 Å². The second kappa shape index (κ2) is 6.61. The van der Waals surface area contributed by atoms with Gasteiger partial charge in [0.15, 0.2) is 0 Å². The smallest absolute Gasteiger partial charge is 0.304 e. The average molecular weight is 279 g/mol. The van der Waals surface area contributed by atoms with Gasteiger partial charge >= 0.3 is 5.97 Å². The van der Waals surface area contributed by atoms with E-state index in [2.05, 4.69) is 4.90 Å². The van der Waals surface area contributed by atoms with Crippen LogP contribution in [0.5, 0.6) is 11.5 Å². The number of nitrogens with zero attached hydrogens (tertiary/aromatic N) is 1. The third-order valence-corrected chi connectivity index (χ3v) is 3.71. The van der Waals surface area contributed by atoms with Gasteiger partial charge in [-0.05, 0) is 37.1 Å². The van der Waals surface area contributed by atoms with Crippen LogP contribution in [0.4, 0.5) is 0 Å². The number of aliphatic carboxylic acids is 1. The molecule has 110 valence electrons. The lowest BCUT2D eigenvalue weighted by molar-refractivity contribution is -0.138. The molecule has 1 aliphatic heterocycles. The molecular weight excluding hydrogens is 258 g/mol. The summed E-state index contributed by atoms with van der Waals surface area (Å²) in [7, 11) is 3.25. The van der Waals surface area contributed by atoms with E-state index in [-0.39, 0.29) is 12.5 Å². The molecule has 1 aliphatic rings. The van der Waals surface area contributed by atoms with Gasteiger partial charge in [-0.1, -0.05) is 0 Å². The topological polar surface area (TPSA) is 59.0 Å². The largest absolute Gasteiger partial charge is 0.497 e. The van der Waals surface area contributed by atoms with Crippen LogP contribution in [0.15, 0.2) is 18.2 Å². The maximum Gasteiger partial charge on any atom is 0.304 e. The number of methoxy groups -OCH3 is 2. The zero-order valence-corrected chi connectivity index (χ0v) is 12.0. The highest BCUT2D eigenvalue weighted by Crippen LogP contribution is 2.27. The number of carboxylic acid groups (broad SMARTS) is 1. The monoisotopic (exact) mass is 279 g/mol. The summed E-state index contributed by atoms with van der Waals surface area (Å²) in [6, 6.07) is 5.91. The van der Waals surface area contributed by atoms with E-state index in [0.717, 1.165) is 43.0 Å². The number of ether oxygens (including phenoxy) is 2. The Hall–Kier alpha value is -1.75. The minimum Gasteiger partial charge on any atom is -0.497 e. The van der Waals surface area contributed by atoms with Gasteiger partial charge in [-0.25, -0.2) is 0 Å². The van der Waals surface area contributed by atoms with E-state index >= 15 is 0 Å². The van der Waals surface area contributed by atoms with Gasteiger partial charge in [0.2, 0.25) is 0 Å². The molecule has 20 heavy (non-hydrogen) atoms. The summed E-state index contributed by atoms with van der Waals surface area (Å²) in [5.41, 5.74) is 1.08. The van der Waals surface area contributed by atoms with Crippen molar-refractivity contribution in [1.82, 2.24) is 4.90 Å². The van der Waals surface area contributed by atoms with E-state index in [1.165, 1.54) is 0 Å². The Morgan fingerprint density at radius 1 is 1.30 bits per heavy atom. The maximum absolute atomic E-state index is 10.9.